The number of ether oxygens (including phenoxy) is 2. The standard InChI is InChI=1S/C15H14BrClO2.C3H6O/c1-10-4-3-5-14(18-2)12(10)9-19-15-8-11(17)6-7-13(15)16;1-2-3-4/h3-8H,9H2,1-2H3;3H,2H2,1H3. The van der Waals surface area contributed by atoms with E-state index in [0.29, 0.717) is 18.1 Å². The van der Waals surface area contributed by atoms with Gasteiger partial charge in [0.1, 0.15) is 24.4 Å². The quantitative estimate of drug-likeness (QED) is 0.614. The van der Waals surface area contributed by atoms with Crippen molar-refractivity contribution in [3.63, 3.8) is 0 Å². The molecular formula is C18H20BrClO3. The largest absolute Gasteiger partial charge is 0.496 e. The van der Waals surface area contributed by atoms with E-state index in [1.54, 1.807) is 13.2 Å². The van der Waals surface area contributed by atoms with Gasteiger partial charge in [0, 0.05) is 17.0 Å². The fraction of sp³-hybridized carbons (Fsp3) is 0.278. The zero-order valence-corrected chi connectivity index (χ0v) is 15.8. The second kappa shape index (κ2) is 10.3. The highest BCUT2D eigenvalue weighted by molar-refractivity contribution is 9.10. The molecule has 5 heteroatoms. The smallest absolute Gasteiger partial charge is 0.135 e. The number of hydrogen-bond acceptors (Lipinski definition) is 3. The molecule has 0 aromatic heterocycles. The topological polar surface area (TPSA) is 35.5 Å². The third-order valence-electron chi connectivity index (χ3n) is 3.02. The van der Waals surface area contributed by atoms with Crippen molar-refractivity contribution in [2.45, 2.75) is 26.9 Å². The molecule has 0 spiro atoms. The molecule has 2 aromatic carbocycles. The van der Waals surface area contributed by atoms with Gasteiger partial charge in [-0.1, -0.05) is 30.7 Å². The Balaban J connectivity index is 0.000000593. The summed E-state index contributed by atoms with van der Waals surface area (Å²) in [5, 5.41) is 0.648. The Morgan fingerprint density at radius 1 is 1.22 bits per heavy atom. The minimum absolute atomic E-state index is 0.439. The van der Waals surface area contributed by atoms with Gasteiger partial charge in [-0.25, -0.2) is 0 Å². The van der Waals surface area contributed by atoms with E-state index >= 15 is 0 Å². The number of halogens is 2. The van der Waals surface area contributed by atoms with Crippen molar-refractivity contribution in [1.82, 2.24) is 0 Å². The van der Waals surface area contributed by atoms with Crippen LogP contribution >= 0.6 is 27.5 Å². The van der Waals surface area contributed by atoms with E-state index < -0.39 is 0 Å². The second-order valence-corrected chi connectivity index (χ2v) is 5.98. The van der Waals surface area contributed by atoms with Gasteiger partial charge in [-0.2, -0.15) is 0 Å². The van der Waals surface area contributed by atoms with Gasteiger partial charge in [-0.05, 0) is 52.7 Å². The Morgan fingerprint density at radius 2 is 1.91 bits per heavy atom. The van der Waals surface area contributed by atoms with E-state index in [1.807, 2.05) is 44.2 Å². The van der Waals surface area contributed by atoms with Crippen LogP contribution in [0.4, 0.5) is 0 Å². The predicted molar refractivity (Wildman–Crippen MR) is 97.6 cm³/mol. The lowest BCUT2D eigenvalue weighted by molar-refractivity contribution is -0.107. The number of carbonyl (C=O) groups excluding carboxylic acids is 1. The second-order valence-electron chi connectivity index (χ2n) is 4.69. The third-order valence-corrected chi connectivity index (χ3v) is 3.91. The molecule has 0 N–H and O–H groups in total. The summed E-state index contributed by atoms with van der Waals surface area (Å²) in [5.41, 5.74) is 2.18. The summed E-state index contributed by atoms with van der Waals surface area (Å²) in [4.78, 5) is 9.17. The first-order chi connectivity index (χ1) is 11.0. The summed E-state index contributed by atoms with van der Waals surface area (Å²) in [6, 6.07) is 11.4. The molecule has 0 aliphatic rings. The number of methoxy groups -OCH3 is 1. The lowest BCUT2D eigenvalue weighted by atomic mass is 10.1. The van der Waals surface area contributed by atoms with Gasteiger partial charge in [-0.3, -0.25) is 0 Å². The van der Waals surface area contributed by atoms with Crippen molar-refractivity contribution >= 4 is 33.8 Å². The van der Waals surface area contributed by atoms with Crippen LogP contribution in [0.25, 0.3) is 0 Å². The summed E-state index contributed by atoms with van der Waals surface area (Å²) >= 11 is 9.41. The zero-order valence-electron chi connectivity index (χ0n) is 13.4. The number of carbonyl (C=O) groups is 1. The van der Waals surface area contributed by atoms with E-state index in [0.717, 1.165) is 33.4 Å². The molecule has 0 aliphatic heterocycles. The molecule has 2 aromatic rings. The first-order valence-electron chi connectivity index (χ1n) is 7.17. The number of aldehydes is 1. The summed E-state index contributed by atoms with van der Waals surface area (Å²) in [7, 11) is 1.66. The van der Waals surface area contributed by atoms with Crippen molar-refractivity contribution in [2.24, 2.45) is 0 Å². The maximum Gasteiger partial charge on any atom is 0.135 e. The van der Waals surface area contributed by atoms with Gasteiger partial charge >= 0.3 is 0 Å². The maximum atomic E-state index is 9.17. The molecule has 0 saturated heterocycles. The van der Waals surface area contributed by atoms with Crippen molar-refractivity contribution in [3.05, 3.63) is 57.0 Å². The zero-order chi connectivity index (χ0) is 17.2. The van der Waals surface area contributed by atoms with Gasteiger partial charge in [0.2, 0.25) is 0 Å². The summed E-state index contributed by atoms with van der Waals surface area (Å²) < 4.78 is 12.0. The number of hydrogen-bond donors (Lipinski definition) is 0. The highest BCUT2D eigenvalue weighted by Gasteiger charge is 2.08. The lowest BCUT2D eigenvalue weighted by Gasteiger charge is -2.13. The molecule has 0 fully saturated rings. The number of rotatable bonds is 5. The Bertz CT molecular complexity index is 644. The molecule has 3 nitrogen and oxygen atoms in total. The van der Waals surface area contributed by atoms with Crippen molar-refractivity contribution in [1.29, 1.82) is 0 Å². The Morgan fingerprint density at radius 3 is 2.52 bits per heavy atom. The van der Waals surface area contributed by atoms with E-state index in [4.69, 9.17) is 21.1 Å². The summed E-state index contributed by atoms with van der Waals surface area (Å²) in [6.45, 7) is 4.29. The monoisotopic (exact) mass is 398 g/mol. The average Bonchev–Trinajstić information content (AvgIpc) is 2.56. The normalized spacial score (nSPS) is 9.61. The molecule has 0 amide bonds. The first kappa shape index (κ1) is 19.5. The SMILES string of the molecule is CCC=O.COc1cccc(C)c1COc1cc(Cl)ccc1Br. The van der Waals surface area contributed by atoms with E-state index in [9.17, 15) is 4.79 Å². The van der Waals surface area contributed by atoms with Crippen LogP contribution in [-0.4, -0.2) is 13.4 Å². The Hall–Kier alpha value is -1.52. The highest BCUT2D eigenvalue weighted by atomic mass is 79.9. The van der Waals surface area contributed by atoms with Gasteiger partial charge in [-0.15, -0.1) is 0 Å². The minimum Gasteiger partial charge on any atom is -0.496 e. The molecule has 23 heavy (non-hydrogen) atoms. The lowest BCUT2D eigenvalue weighted by Crippen LogP contribution is -2.01. The van der Waals surface area contributed by atoms with Gasteiger partial charge in [0.05, 0.1) is 11.6 Å². The predicted octanol–water partition coefficient (Wildman–Crippen LogP) is 5.59. The molecule has 0 saturated carbocycles. The Labute approximate surface area is 150 Å². The molecule has 124 valence electrons. The van der Waals surface area contributed by atoms with Gasteiger partial charge in [0.25, 0.3) is 0 Å². The Kier molecular flexibility index (Phi) is 8.74. The van der Waals surface area contributed by atoms with Gasteiger partial charge in [0.15, 0.2) is 0 Å². The van der Waals surface area contributed by atoms with Crippen LogP contribution in [0.15, 0.2) is 40.9 Å². The summed E-state index contributed by atoms with van der Waals surface area (Å²) in [6.07, 6.45) is 1.51. The van der Waals surface area contributed by atoms with Crippen LogP contribution in [-0.2, 0) is 11.4 Å². The number of benzene rings is 2. The molecule has 0 atom stereocenters. The van der Waals surface area contributed by atoms with Crippen LogP contribution in [0.1, 0.15) is 24.5 Å². The molecule has 0 heterocycles. The molecule has 0 aliphatic carbocycles. The molecular weight excluding hydrogens is 380 g/mol. The third kappa shape index (κ3) is 6.24. The van der Waals surface area contributed by atoms with Gasteiger partial charge < -0.3 is 14.3 Å². The van der Waals surface area contributed by atoms with E-state index in [2.05, 4.69) is 15.9 Å². The van der Waals surface area contributed by atoms with Crippen LogP contribution < -0.4 is 9.47 Å². The number of aryl methyl sites for hydroxylation is 1. The van der Waals surface area contributed by atoms with Crippen molar-refractivity contribution < 1.29 is 14.3 Å². The van der Waals surface area contributed by atoms with Crippen LogP contribution in [0.2, 0.25) is 5.02 Å². The molecule has 0 radical (unpaired) electrons. The fourth-order valence-electron chi connectivity index (χ4n) is 1.79. The fourth-order valence-corrected chi connectivity index (χ4v) is 2.31. The molecule has 0 unspecified atom stereocenters. The van der Waals surface area contributed by atoms with E-state index in [1.165, 1.54) is 0 Å². The van der Waals surface area contributed by atoms with Crippen molar-refractivity contribution in [3.8, 4) is 11.5 Å². The van der Waals surface area contributed by atoms with Crippen LogP contribution in [0, 0.1) is 6.92 Å². The van der Waals surface area contributed by atoms with Crippen LogP contribution in [0.5, 0.6) is 11.5 Å². The molecule has 2 rings (SSSR count). The van der Waals surface area contributed by atoms with Crippen LogP contribution in [0.3, 0.4) is 0 Å². The average molecular weight is 400 g/mol. The van der Waals surface area contributed by atoms with E-state index in [-0.39, 0.29) is 0 Å². The minimum atomic E-state index is 0.439. The molecule has 0 bridgehead atoms. The maximum absolute atomic E-state index is 9.17. The highest BCUT2D eigenvalue weighted by Crippen LogP contribution is 2.30. The van der Waals surface area contributed by atoms with Crippen molar-refractivity contribution in [2.75, 3.05) is 7.11 Å². The first-order valence-corrected chi connectivity index (χ1v) is 8.34. The summed E-state index contributed by atoms with van der Waals surface area (Å²) in [5.74, 6) is 1.55.